The van der Waals surface area contributed by atoms with Gasteiger partial charge in [0.25, 0.3) is 0 Å². The molecule has 0 atom stereocenters. The minimum absolute atomic E-state index is 0.0470. The van der Waals surface area contributed by atoms with Crippen molar-refractivity contribution in [3.05, 3.63) is 52.6 Å². The SMILES string of the molecule is CN(CC(=O)Nc1ccc(Br)cn1)Cc1ccccc1OCC(F)(F)F. The number of likely N-dealkylation sites (N-methyl/N-ethyl adjacent to an activating group) is 1. The minimum Gasteiger partial charge on any atom is -0.484 e. The molecule has 9 heteroatoms. The second kappa shape index (κ2) is 9.00. The molecule has 1 aromatic heterocycles. The number of carbonyl (C=O) groups is 1. The van der Waals surface area contributed by atoms with Crippen molar-refractivity contribution < 1.29 is 22.7 Å². The molecule has 1 heterocycles. The van der Waals surface area contributed by atoms with Crippen molar-refractivity contribution in [2.24, 2.45) is 0 Å². The van der Waals surface area contributed by atoms with Crippen LogP contribution in [0.2, 0.25) is 0 Å². The number of halogens is 4. The van der Waals surface area contributed by atoms with Crippen LogP contribution in [-0.2, 0) is 11.3 Å². The molecule has 0 saturated carbocycles. The van der Waals surface area contributed by atoms with Gasteiger partial charge in [-0.15, -0.1) is 0 Å². The Bertz CT molecular complexity index is 739. The van der Waals surface area contributed by atoms with E-state index in [2.05, 4.69) is 26.2 Å². The van der Waals surface area contributed by atoms with Gasteiger partial charge in [0.15, 0.2) is 6.61 Å². The summed E-state index contributed by atoms with van der Waals surface area (Å²) in [5, 5.41) is 2.65. The van der Waals surface area contributed by atoms with Gasteiger partial charge in [-0.1, -0.05) is 18.2 Å². The summed E-state index contributed by atoms with van der Waals surface area (Å²) in [6.07, 6.45) is -2.84. The molecule has 0 aliphatic carbocycles. The molecule has 2 aromatic rings. The van der Waals surface area contributed by atoms with Gasteiger partial charge in [0.1, 0.15) is 11.6 Å². The fourth-order valence-electron chi connectivity index (χ4n) is 2.16. The van der Waals surface area contributed by atoms with Crippen LogP contribution in [-0.4, -0.2) is 42.2 Å². The van der Waals surface area contributed by atoms with E-state index in [0.717, 1.165) is 4.47 Å². The average Bonchev–Trinajstić information content (AvgIpc) is 2.55. The lowest BCUT2D eigenvalue weighted by Gasteiger charge is -2.19. The van der Waals surface area contributed by atoms with E-state index in [1.165, 1.54) is 6.07 Å². The Morgan fingerprint density at radius 2 is 2.00 bits per heavy atom. The van der Waals surface area contributed by atoms with E-state index in [4.69, 9.17) is 4.74 Å². The van der Waals surface area contributed by atoms with Crippen molar-refractivity contribution in [3.63, 3.8) is 0 Å². The first-order valence-electron chi connectivity index (χ1n) is 7.60. The number of aromatic nitrogens is 1. The molecule has 0 unspecified atom stereocenters. The third kappa shape index (κ3) is 7.01. The molecule has 2 rings (SSSR count). The molecule has 0 saturated heterocycles. The molecule has 0 aliphatic heterocycles. The maximum absolute atomic E-state index is 12.3. The lowest BCUT2D eigenvalue weighted by Crippen LogP contribution is -2.30. The Morgan fingerprint density at radius 1 is 1.27 bits per heavy atom. The highest BCUT2D eigenvalue weighted by Crippen LogP contribution is 2.23. The third-order valence-corrected chi connectivity index (χ3v) is 3.68. The standard InChI is InChI=1S/C17H17BrF3N3O2/c1-24(10-16(25)23-15-7-6-13(18)8-22-15)9-12-4-2-3-5-14(12)26-11-17(19,20)21/h2-8H,9-11H2,1H3,(H,22,23,25). The highest BCUT2D eigenvalue weighted by atomic mass is 79.9. The van der Waals surface area contributed by atoms with Gasteiger partial charge in [-0.3, -0.25) is 9.69 Å². The van der Waals surface area contributed by atoms with Gasteiger partial charge < -0.3 is 10.1 Å². The first-order chi connectivity index (χ1) is 12.2. The molecule has 0 aliphatic rings. The molecule has 5 nitrogen and oxygen atoms in total. The van der Waals surface area contributed by atoms with Gasteiger partial charge in [0, 0.05) is 22.8 Å². The Balaban J connectivity index is 1.91. The maximum atomic E-state index is 12.3. The highest BCUT2D eigenvalue weighted by Gasteiger charge is 2.28. The number of ether oxygens (including phenoxy) is 1. The van der Waals surface area contributed by atoms with Crippen molar-refractivity contribution in [3.8, 4) is 5.75 Å². The normalized spacial score (nSPS) is 11.5. The van der Waals surface area contributed by atoms with Crippen LogP contribution in [0.3, 0.4) is 0 Å². The first kappa shape index (κ1) is 20.2. The van der Waals surface area contributed by atoms with Gasteiger partial charge in [0.2, 0.25) is 5.91 Å². The number of hydrogen-bond acceptors (Lipinski definition) is 4. The lowest BCUT2D eigenvalue weighted by molar-refractivity contribution is -0.153. The molecule has 1 amide bonds. The van der Waals surface area contributed by atoms with E-state index < -0.39 is 12.8 Å². The smallest absolute Gasteiger partial charge is 0.422 e. The summed E-state index contributed by atoms with van der Waals surface area (Å²) in [6.45, 7) is -1.05. The van der Waals surface area contributed by atoms with Gasteiger partial charge >= 0.3 is 6.18 Å². The number of para-hydroxylation sites is 1. The third-order valence-electron chi connectivity index (χ3n) is 3.21. The summed E-state index contributed by atoms with van der Waals surface area (Å²) in [5.74, 6) is 0.281. The van der Waals surface area contributed by atoms with Crippen LogP contribution < -0.4 is 10.1 Å². The summed E-state index contributed by atoms with van der Waals surface area (Å²) < 4.78 is 42.7. The zero-order chi connectivity index (χ0) is 19.2. The second-order valence-electron chi connectivity index (χ2n) is 5.59. The summed E-state index contributed by atoms with van der Waals surface area (Å²) in [5.41, 5.74) is 0.564. The number of carbonyl (C=O) groups excluding carboxylic acids is 1. The molecule has 1 aromatic carbocycles. The fourth-order valence-corrected chi connectivity index (χ4v) is 2.39. The largest absolute Gasteiger partial charge is 0.484 e. The molecular formula is C17H17BrF3N3O2. The number of rotatable bonds is 7. The van der Waals surface area contributed by atoms with Crippen molar-refractivity contribution in [2.75, 3.05) is 25.5 Å². The van der Waals surface area contributed by atoms with Crippen molar-refractivity contribution in [1.29, 1.82) is 0 Å². The van der Waals surface area contributed by atoms with Crippen LogP contribution in [0.25, 0.3) is 0 Å². The molecule has 0 spiro atoms. The van der Waals surface area contributed by atoms with Gasteiger partial charge in [0.05, 0.1) is 6.54 Å². The van der Waals surface area contributed by atoms with E-state index in [-0.39, 0.29) is 24.7 Å². The zero-order valence-electron chi connectivity index (χ0n) is 13.9. The van der Waals surface area contributed by atoms with E-state index in [1.54, 1.807) is 48.5 Å². The number of hydrogen-bond donors (Lipinski definition) is 1. The number of anilines is 1. The number of pyridine rings is 1. The summed E-state index contributed by atoms with van der Waals surface area (Å²) in [4.78, 5) is 17.8. The Kier molecular flexibility index (Phi) is 6.98. The average molecular weight is 432 g/mol. The Morgan fingerprint density at radius 3 is 2.65 bits per heavy atom. The summed E-state index contributed by atoms with van der Waals surface area (Å²) >= 11 is 3.25. The van der Waals surface area contributed by atoms with Crippen LogP contribution in [0.4, 0.5) is 19.0 Å². The van der Waals surface area contributed by atoms with Crippen LogP contribution in [0.1, 0.15) is 5.56 Å². The van der Waals surface area contributed by atoms with E-state index in [0.29, 0.717) is 11.4 Å². The quantitative estimate of drug-likeness (QED) is 0.723. The second-order valence-corrected chi connectivity index (χ2v) is 6.51. The number of nitrogens with one attached hydrogen (secondary N) is 1. The highest BCUT2D eigenvalue weighted by molar-refractivity contribution is 9.10. The van der Waals surface area contributed by atoms with E-state index in [9.17, 15) is 18.0 Å². The number of benzene rings is 1. The number of amides is 1. The molecule has 26 heavy (non-hydrogen) atoms. The minimum atomic E-state index is -4.41. The zero-order valence-corrected chi connectivity index (χ0v) is 15.5. The maximum Gasteiger partial charge on any atom is 0.422 e. The lowest BCUT2D eigenvalue weighted by atomic mass is 10.2. The van der Waals surface area contributed by atoms with Crippen molar-refractivity contribution in [2.45, 2.75) is 12.7 Å². The molecule has 0 radical (unpaired) electrons. The molecule has 0 bridgehead atoms. The van der Waals surface area contributed by atoms with Crippen molar-refractivity contribution in [1.82, 2.24) is 9.88 Å². The van der Waals surface area contributed by atoms with Crippen LogP contribution in [0.15, 0.2) is 47.1 Å². The predicted molar refractivity (Wildman–Crippen MR) is 94.9 cm³/mol. The number of alkyl halides is 3. The Labute approximate surface area is 157 Å². The first-order valence-corrected chi connectivity index (χ1v) is 8.39. The van der Waals surface area contributed by atoms with E-state index >= 15 is 0 Å². The number of nitrogens with zero attached hydrogens (tertiary/aromatic N) is 2. The molecule has 0 fully saturated rings. The molecule has 140 valence electrons. The van der Waals surface area contributed by atoms with Gasteiger partial charge in [-0.25, -0.2) is 4.98 Å². The van der Waals surface area contributed by atoms with Gasteiger partial charge in [-0.2, -0.15) is 13.2 Å². The predicted octanol–water partition coefficient (Wildman–Crippen LogP) is 3.86. The fraction of sp³-hybridized carbons (Fsp3) is 0.294. The summed E-state index contributed by atoms with van der Waals surface area (Å²) in [6, 6.07) is 9.84. The van der Waals surface area contributed by atoms with Crippen molar-refractivity contribution >= 4 is 27.7 Å². The molecule has 1 N–H and O–H groups in total. The monoisotopic (exact) mass is 431 g/mol. The van der Waals surface area contributed by atoms with Gasteiger partial charge in [-0.05, 0) is 41.2 Å². The topological polar surface area (TPSA) is 54.5 Å². The summed E-state index contributed by atoms with van der Waals surface area (Å²) in [7, 11) is 1.69. The van der Waals surface area contributed by atoms with E-state index in [1.807, 2.05) is 0 Å². The Hall–Kier alpha value is -2.13. The van der Waals surface area contributed by atoms with Crippen LogP contribution in [0, 0.1) is 0 Å². The van der Waals surface area contributed by atoms with Crippen LogP contribution in [0.5, 0.6) is 5.75 Å². The molecular weight excluding hydrogens is 415 g/mol. The van der Waals surface area contributed by atoms with Crippen LogP contribution >= 0.6 is 15.9 Å².